The van der Waals surface area contributed by atoms with Crippen LogP contribution >= 0.6 is 11.3 Å². The molecule has 1 aliphatic heterocycles. The van der Waals surface area contributed by atoms with Gasteiger partial charge in [-0.25, -0.2) is 9.67 Å². The lowest BCUT2D eigenvalue weighted by molar-refractivity contribution is -0.115. The first-order valence-electron chi connectivity index (χ1n) is 12.4. The van der Waals surface area contributed by atoms with Crippen LogP contribution in [0, 0.1) is 0 Å². The summed E-state index contributed by atoms with van der Waals surface area (Å²) < 4.78 is 7.41. The van der Waals surface area contributed by atoms with Crippen molar-refractivity contribution >= 4 is 28.8 Å². The van der Waals surface area contributed by atoms with Crippen LogP contribution < -0.4 is 5.32 Å². The number of hydrogen-bond donors (Lipinski definition) is 1. The number of carbonyl (C=O) groups excluding carboxylic acids is 1. The van der Waals surface area contributed by atoms with E-state index in [1.165, 1.54) is 16.0 Å². The lowest BCUT2D eigenvalue weighted by Gasteiger charge is -2.26. The number of carbonyl (C=O) groups is 1. The fourth-order valence-electron chi connectivity index (χ4n) is 4.98. The van der Waals surface area contributed by atoms with Gasteiger partial charge >= 0.3 is 0 Å². The number of morpholine rings is 1. The van der Waals surface area contributed by atoms with Crippen LogP contribution in [0.3, 0.4) is 0 Å². The van der Waals surface area contributed by atoms with E-state index in [-0.39, 0.29) is 11.3 Å². The largest absolute Gasteiger partial charge is 0.379 e. The highest BCUT2D eigenvalue weighted by molar-refractivity contribution is 7.11. The molecule has 2 aromatic heterocycles. The Labute approximate surface area is 205 Å². The lowest BCUT2D eigenvalue weighted by atomic mass is 9.91. The summed E-state index contributed by atoms with van der Waals surface area (Å²) in [4.78, 5) is 21.3. The van der Waals surface area contributed by atoms with Crippen LogP contribution in [-0.2, 0) is 34.2 Å². The van der Waals surface area contributed by atoms with E-state index in [0.29, 0.717) is 6.42 Å². The van der Waals surface area contributed by atoms with Gasteiger partial charge in [-0.05, 0) is 45.1 Å². The van der Waals surface area contributed by atoms with Gasteiger partial charge in [-0.15, -0.1) is 11.3 Å². The molecule has 1 fully saturated rings. The molecule has 34 heavy (non-hydrogen) atoms. The van der Waals surface area contributed by atoms with Crippen molar-refractivity contribution in [1.82, 2.24) is 19.7 Å². The zero-order chi connectivity index (χ0) is 23.7. The van der Waals surface area contributed by atoms with Gasteiger partial charge < -0.3 is 10.1 Å². The van der Waals surface area contributed by atoms with Gasteiger partial charge in [-0.1, -0.05) is 25.5 Å². The Morgan fingerprint density at radius 2 is 2.03 bits per heavy atom. The van der Waals surface area contributed by atoms with E-state index in [1.54, 1.807) is 11.3 Å². The minimum Gasteiger partial charge on any atom is -0.379 e. The van der Waals surface area contributed by atoms with Crippen molar-refractivity contribution in [3.63, 3.8) is 0 Å². The Balaban J connectivity index is 1.28. The quantitative estimate of drug-likeness (QED) is 0.642. The number of aromatic nitrogens is 3. The van der Waals surface area contributed by atoms with Crippen LogP contribution in [0.2, 0.25) is 0 Å². The van der Waals surface area contributed by atoms with Crippen molar-refractivity contribution < 1.29 is 9.53 Å². The summed E-state index contributed by atoms with van der Waals surface area (Å²) in [6.07, 6.45) is 11.5. The van der Waals surface area contributed by atoms with Crippen LogP contribution in [0.5, 0.6) is 0 Å². The van der Waals surface area contributed by atoms with Crippen LogP contribution in [0.4, 0.5) is 5.82 Å². The maximum Gasteiger partial charge on any atom is 0.232 e. The molecule has 3 heterocycles. The molecule has 0 bridgehead atoms. The third kappa shape index (κ3) is 5.04. The number of rotatable bonds is 7. The second-order valence-corrected chi connectivity index (χ2v) is 11.5. The molecule has 0 unspecified atom stereocenters. The number of nitrogens with one attached hydrogen (secondary N) is 1. The van der Waals surface area contributed by atoms with E-state index in [4.69, 9.17) is 9.84 Å². The van der Waals surface area contributed by atoms with Crippen molar-refractivity contribution in [2.24, 2.45) is 0 Å². The topological polar surface area (TPSA) is 72.3 Å². The lowest BCUT2D eigenvalue weighted by Crippen LogP contribution is -2.37. The highest BCUT2D eigenvalue weighted by Gasteiger charge is 2.37. The Hall–Kier alpha value is -2.29. The van der Waals surface area contributed by atoms with Gasteiger partial charge in [-0.3, -0.25) is 9.69 Å². The molecule has 0 saturated carbocycles. The van der Waals surface area contributed by atoms with E-state index in [2.05, 4.69) is 48.1 Å². The molecule has 0 spiro atoms. The van der Waals surface area contributed by atoms with Crippen LogP contribution in [0.1, 0.15) is 61.2 Å². The molecule has 0 radical (unpaired) electrons. The van der Waals surface area contributed by atoms with Crippen LogP contribution in [0.25, 0.3) is 5.70 Å². The molecule has 3 aliphatic rings. The van der Waals surface area contributed by atoms with Gasteiger partial charge in [0.05, 0.1) is 25.3 Å². The van der Waals surface area contributed by atoms with Gasteiger partial charge in [0.2, 0.25) is 5.91 Å². The molecule has 1 N–H and O–H groups in total. The number of anilines is 1. The third-order valence-corrected chi connectivity index (χ3v) is 8.24. The number of thiazole rings is 1. The minimum absolute atomic E-state index is 0.0223. The standard InChI is InChI=1S/C26H35N5O2S/c1-18-4-6-19(7-5-18)31-25(21-8-10-26(2,3)24(21)29-31)28-22(32)16-23-27-17-20(34-23)9-11-30-12-14-33-15-13-30/h4,6,17H,5,7-16H2,1-3H3,(H,28,32). The minimum atomic E-state index is -0.0223. The number of fused-ring (bicyclic) bond motifs is 1. The van der Waals surface area contributed by atoms with Crippen LogP contribution in [0.15, 0.2) is 23.9 Å². The fourth-order valence-corrected chi connectivity index (χ4v) is 5.89. The number of nitrogens with zero attached hydrogens (tertiary/aromatic N) is 4. The summed E-state index contributed by atoms with van der Waals surface area (Å²) in [6.45, 7) is 11.3. The van der Waals surface area contributed by atoms with Gasteiger partial charge in [0.1, 0.15) is 10.8 Å². The molecule has 8 heteroatoms. The van der Waals surface area contributed by atoms with E-state index >= 15 is 0 Å². The molecule has 1 amide bonds. The highest BCUT2D eigenvalue weighted by atomic mass is 32.1. The molecule has 2 aliphatic carbocycles. The van der Waals surface area contributed by atoms with Gasteiger partial charge in [-0.2, -0.15) is 5.10 Å². The Morgan fingerprint density at radius 3 is 2.79 bits per heavy atom. The van der Waals surface area contributed by atoms with Crippen molar-refractivity contribution in [3.8, 4) is 0 Å². The first kappa shape index (κ1) is 23.5. The molecule has 7 nitrogen and oxygen atoms in total. The average molecular weight is 482 g/mol. The fraction of sp³-hybridized carbons (Fsp3) is 0.577. The molecule has 0 atom stereocenters. The number of ether oxygens (including phenoxy) is 1. The number of allylic oxidation sites excluding steroid dienone is 4. The number of amides is 1. The maximum absolute atomic E-state index is 13.1. The van der Waals surface area contributed by atoms with Crippen molar-refractivity contribution in [3.05, 3.63) is 45.1 Å². The van der Waals surface area contributed by atoms with Gasteiger partial charge in [0, 0.05) is 47.4 Å². The van der Waals surface area contributed by atoms with Gasteiger partial charge in [0.25, 0.3) is 0 Å². The van der Waals surface area contributed by atoms with E-state index < -0.39 is 0 Å². The third-order valence-electron chi connectivity index (χ3n) is 7.18. The molecule has 182 valence electrons. The predicted octanol–water partition coefficient (Wildman–Crippen LogP) is 4.20. The molecule has 2 aromatic rings. The molecule has 0 aromatic carbocycles. The maximum atomic E-state index is 13.1. The average Bonchev–Trinajstić information content (AvgIpc) is 3.50. The summed E-state index contributed by atoms with van der Waals surface area (Å²) in [6, 6.07) is 0. The molecular formula is C26H35N5O2S. The summed E-state index contributed by atoms with van der Waals surface area (Å²) in [7, 11) is 0. The summed E-state index contributed by atoms with van der Waals surface area (Å²) in [5.41, 5.74) is 4.87. The van der Waals surface area contributed by atoms with Crippen molar-refractivity contribution in [2.45, 2.75) is 64.7 Å². The zero-order valence-corrected chi connectivity index (χ0v) is 21.3. The Bertz CT molecular complexity index is 1120. The van der Waals surface area contributed by atoms with Crippen molar-refractivity contribution in [1.29, 1.82) is 0 Å². The Kier molecular flexibility index (Phi) is 6.73. The highest BCUT2D eigenvalue weighted by Crippen LogP contribution is 2.42. The van der Waals surface area contributed by atoms with Gasteiger partial charge in [0.15, 0.2) is 0 Å². The summed E-state index contributed by atoms with van der Waals surface area (Å²) in [5, 5.41) is 9.09. The first-order valence-corrected chi connectivity index (χ1v) is 13.2. The molecular weight excluding hydrogens is 446 g/mol. The number of hydrogen-bond acceptors (Lipinski definition) is 6. The smallest absolute Gasteiger partial charge is 0.232 e. The predicted molar refractivity (Wildman–Crippen MR) is 136 cm³/mol. The van der Waals surface area contributed by atoms with E-state index in [9.17, 15) is 4.79 Å². The Morgan fingerprint density at radius 1 is 1.21 bits per heavy atom. The second-order valence-electron chi connectivity index (χ2n) is 10.3. The molecule has 1 saturated heterocycles. The van der Waals surface area contributed by atoms with Crippen molar-refractivity contribution in [2.75, 3.05) is 38.2 Å². The summed E-state index contributed by atoms with van der Waals surface area (Å²) in [5.74, 6) is 0.833. The molecule has 5 rings (SSSR count). The zero-order valence-electron chi connectivity index (χ0n) is 20.5. The monoisotopic (exact) mass is 481 g/mol. The van der Waals surface area contributed by atoms with E-state index in [0.717, 1.165) is 87.2 Å². The SMILES string of the molecule is CC1=CC=C(n2nc3c(c2NC(=O)Cc2ncc(CCN4CCOCC4)s2)CCC3(C)C)CC1. The van der Waals surface area contributed by atoms with Crippen LogP contribution in [-0.4, -0.2) is 58.4 Å². The van der Waals surface area contributed by atoms with E-state index in [1.807, 2.05) is 10.9 Å². The summed E-state index contributed by atoms with van der Waals surface area (Å²) >= 11 is 1.65. The first-order chi connectivity index (χ1) is 16.4. The normalized spacial score (nSPS) is 20.1. The second kappa shape index (κ2) is 9.76.